The molecule has 2 aromatic rings. The lowest BCUT2D eigenvalue weighted by molar-refractivity contribution is 0.410. The zero-order valence-corrected chi connectivity index (χ0v) is 12.6. The number of benzene rings is 1. The van der Waals surface area contributed by atoms with E-state index in [2.05, 4.69) is 25.9 Å². The summed E-state index contributed by atoms with van der Waals surface area (Å²) in [4.78, 5) is 7.60. The van der Waals surface area contributed by atoms with E-state index in [1.54, 1.807) is 7.11 Å². The molecule has 2 rings (SSSR count). The Morgan fingerprint density at radius 3 is 2.78 bits per heavy atom. The average molecular weight is 325 g/mol. The van der Waals surface area contributed by atoms with Crippen molar-refractivity contribution in [3.05, 3.63) is 50.5 Å². The monoisotopic (exact) mass is 324 g/mol. The van der Waals surface area contributed by atoms with E-state index in [4.69, 9.17) is 17.0 Å². The number of aromatic nitrogens is 2. The van der Waals surface area contributed by atoms with Gasteiger partial charge in [-0.1, -0.05) is 30.4 Å². The van der Waals surface area contributed by atoms with Crippen molar-refractivity contribution in [1.82, 2.24) is 9.97 Å². The van der Waals surface area contributed by atoms with Crippen LogP contribution in [0.15, 0.2) is 28.7 Å². The molecule has 5 heteroatoms. The molecule has 0 atom stereocenters. The number of para-hydroxylation sites is 1. The molecule has 1 aromatic carbocycles. The summed E-state index contributed by atoms with van der Waals surface area (Å²) in [6.07, 6.45) is 0.668. The van der Waals surface area contributed by atoms with Gasteiger partial charge in [0.2, 0.25) is 0 Å². The van der Waals surface area contributed by atoms with E-state index in [9.17, 15) is 0 Å². The molecule has 0 spiro atoms. The fraction of sp³-hybridized carbons (Fsp3) is 0.231. The molecule has 3 nitrogen and oxygen atoms in total. The topological polar surface area (TPSA) is 37.9 Å². The minimum atomic E-state index is 0.580. The van der Waals surface area contributed by atoms with Gasteiger partial charge in [0, 0.05) is 17.7 Å². The van der Waals surface area contributed by atoms with Crippen LogP contribution in [0.5, 0.6) is 5.75 Å². The predicted octanol–water partition coefficient (Wildman–Crippen LogP) is 3.81. The van der Waals surface area contributed by atoms with Crippen molar-refractivity contribution in [2.45, 2.75) is 13.3 Å². The van der Waals surface area contributed by atoms with Crippen LogP contribution in [0.25, 0.3) is 0 Å². The molecule has 0 aliphatic carbocycles. The Balaban J connectivity index is 2.37. The first-order valence-corrected chi connectivity index (χ1v) is 6.69. The maximum absolute atomic E-state index is 5.32. The summed E-state index contributed by atoms with van der Waals surface area (Å²) in [6, 6.07) is 7.90. The van der Waals surface area contributed by atoms with Crippen molar-refractivity contribution in [3.8, 4) is 5.75 Å². The van der Waals surface area contributed by atoms with Gasteiger partial charge in [-0.05, 0) is 28.9 Å². The van der Waals surface area contributed by atoms with Gasteiger partial charge in [-0.15, -0.1) is 0 Å². The second kappa shape index (κ2) is 5.63. The van der Waals surface area contributed by atoms with Crippen molar-refractivity contribution in [1.29, 1.82) is 0 Å². The van der Waals surface area contributed by atoms with Gasteiger partial charge in [0.1, 0.15) is 16.2 Å². The van der Waals surface area contributed by atoms with Gasteiger partial charge in [0.05, 0.1) is 11.6 Å². The third-order valence-electron chi connectivity index (χ3n) is 2.64. The molecule has 0 bridgehead atoms. The van der Waals surface area contributed by atoms with E-state index in [-0.39, 0.29) is 0 Å². The third-order valence-corrected chi connectivity index (χ3v) is 4.16. The number of methoxy groups -OCH3 is 1. The van der Waals surface area contributed by atoms with Gasteiger partial charge in [0.25, 0.3) is 0 Å². The van der Waals surface area contributed by atoms with Crippen molar-refractivity contribution in [3.63, 3.8) is 0 Å². The quantitative estimate of drug-likeness (QED) is 0.872. The number of nitrogens with zero attached hydrogens (tertiary/aromatic N) is 1. The lowest BCUT2D eigenvalue weighted by Gasteiger charge is -2.09. The molecule has 0 fully saturated rings. The van der Waals surface area contributed by atoms with Crippen LogP contribution in [0.2, 0.25) is 0 Å². The van der Waals surface area contributed by atoms with Gasteiger partial charge < -0.3 is 9.72 Å². The summed E-state index contributed by atoms with van der Waals surface area (Å²) in [5, 5.41) is 0. The van der Waals surface area contributed by atoms with E-state index >= 15 is 0 Å². The smallest absolute Gasteiger partial charge is 0.144 e. The van der Waals surface area contributed by atoms with E-state index in [0.717, 1.165) is 27.3 Å². The van der Waals surface area contributed by atoms with Crippen LogP contribution >= 0.6 is 28.1 Å². The van der Waals surface area contributed by atoms with Crippen LogP contribution < -0.4 is 4.74 Å². The summed E-state index contributed by atoms with van der Waals surface area (Å²) < 4.78 is 6.75. The fourth-order valence-corrected chi connectivity index (χ4v) is 2.20. The molecule has 1 N–H and O–H groups in total. The summed E-state index contributed by atoms with van der Waals surface area (Å²) in [6.45, 7) is 1.97. The third kappa shape index (κ3) is 2.79. The second-order valence-electron chi connectivity index (χ2n) is 3.92. The summed E-state index contributed by atoms with van der Waals surface area (Å²) >= 11 is 8.60. The predicted molar refractivity (Wildman–Crippen MR) is 77.7 cm³/mol. The molecular weight excluding hydrogens is 312 g/mol. The number of nitrogens with one attached hydrogen (secondary N) is 1. The van der Waals surface area contributed by atoms with Crippen LogP contribution in [0.4, 0.5) is 0 Å². The van der Waals surface area contributed by atoms with Gasteiger partial charge in [-0.3, -0.25) is 0 Å². The van der Waals surface area contributed by atoms with E-state index in [1.165, 1.54) is 0 Å². The molecular formula is C13H13BrN2OS. The lowest BCUT2D eigenvalue weighted by atomic mass is 10.1. The highest BCUT2D eigenvalue weighted by atomic mass is 79.9. The Bertz CT molecular complexity index is 625. The van der Waals surface area contributed by atoms with Crippen LogP contribution in [0, 0.1) is 11.6 Å². The highest BCUT2D eigenvalue weighted by Gasteiger charge is 2.07. The Morgan fingerprint density at radius 2 is 2.11 bits per heavy atom. The maximum Gasteiger partial charge on any atom is 0.144 e. The minimum absolute atomic E-state index is 0.580. The van der Waals surface area contributed by atoms with Gasteiger partial charge >= 0.3 is 0 Å². The molecule has 0 saturated carbocycles. The van der Waals surface area contributed by atoms with Crippen LogP contribution in [0.1, 0.15) is 17.1 Å². The number of hydrogen-bond donors (Lipinski definition) is 1. The summed E-state index contributed by atoms with van der Waals surface area (Å²) in [7, 11) is 1.67. The molecule has 18 heavy (non-hydrogen) atoms. The SMILES string of the molecule is COc1ccccc1Cc1nc(=S)c(Br)c(C)[nH]1. The first kappa shape index (κ1) is 13.2. The molecule has 0 aliphatic rings. The zero-order valence-electron chi connectivity index (χ0n) is 10.2. The Morgan fingerprint density at radius 1 is 1.39 bits per heavy atom. The first-order chi connectivity index (χ1) is 8.61. The molecule has 0 unspecified atom stereocenters. The van der Waals surface area contributed by atoms with Crippen molar-refractivity contribution in [2.24, 2.45) is 0 Å². The molecule has 1 heterocycles. The number of aryl methyl sites for hydroxylation is 1. The number of halogens is 1. The zero-order chi connectivity index (χ0) is 13.1. The number of rotatable bonds is 3. The van der Waals surface area contributed by atoms with Crippen LogP contribution in [-0.4, -0.2) is 17.1 Å². The Kier molecular flexibility index (Phi) is 4.14. The highest BCUT2D eigenvalue weighted by Crippen LogP contribution is 2.21. The number of hydrogen-bond acceptors (Lipinski definition) is 3. The van der Waals surface area contributed by atoms with Crippen molar-refractivity contribution in [2.75, 3.05) is 7.11 Å². The normalized spacial score (nSPS) is 10.4. The van der Waals surface area contributed by atoms with Crippen LogP contribution in [-0.2, 0) is 6.42 Å². The van der Waals surface area contributed by atoms with Gasteiger partial charge in [-0.25, -0.2) is 4.98 Å². The molecule has 0 amide bonds. The highest BCUT2D eigenvalue weighted by molar-refractivity contribution is 9.10. The van der Waals surface area contributed by atoms with Crippen molar-refractivity contribution >= 4 is 28.1 Å². The van der Waals surface area contributed by atoms with Gasteiger partial charge in [-0.2, -0.15) is 0 Å². The maximum atomic E-state index is 5.32. The Hall–Kier alpha value is -1.20. The molecule has 1 aromatic heterocycles. The Labute approximate surface area is 119 Å². The lowest BCUT2D eigenvalue weighted by Crippen LogP contribution is -2.01. The largest absolute Gasteiger partial charge is 0.496 e. The summed E-state index contributed by atoms with van der Waals surface area (Å²) in [5.74, 6) is 1.70. The molecule has 0 aliphatic heterocycles. The fourth-order valence-electron chi connectivity index (χ4n) is 1.74. The van der Waals surface area contributed by atoms with E-state index < -0.39 is 0 Å². The van der Waals surface area contributed by atoms with Crippen LogP contribution in [0.3, 0.4) is 0 Å². The average Bonchev–Trinajstić information content (AvgIpc) is 2.36. The number of ether oxygens (including phenoxy) is 1. The summed E-state index contributed by atoms with van der Waals surface area (Å²) in [5.41, 5.74) is 2.07. The van der Waals surface area contributed by atoms with Crippen molar-refractivity contribution < 1.29 is 4.74 Å². The van der Waals surface area contributed by atoms with Gasteiger partial charge in [0.15, 0.2) is 0 Å². The standard InChI is InChI=1S/C13H13BrN2OS/c1-8-12(14)13(18)16-11(15-8)7-9-5-3-4-6-10(9)17-2/h3-6H,7H2,1-2H3,(H,15,16,18). The molecule has 94 valence electrons. The minimum Gasteiger partial charge on any atom is -0.496 e. The number of H-pyrrole nitrogens is 1. The van der Waals surface area contributed by atoms with E-state index in [1.807, 2.05) is 31.2 Å². The second-order valence-corrected chi connectivity index (χ2v) is 5.10. The number of aromatic amines is 1. The molecule has 0 radical (unpaired) electrons. The first-order valence-electron chi connectivity index (χ1n) is 5.49. The van der Waals surface area contributed by atoms with E-state index in [0.29, 0.717) is 11.1 Å². The molecule has 0 saturated heterocycles.